The summed E-state index contributed by atoms with van der Waals surface area (Å²) in [6.07, 6.45) is 7.93. The zero-order valence-corrected chi connectivity index (χ0v) is 17.9. The lowest BCUT2D eigenvalue weighted by Gasteiger charge is -2.31. The van der Waals surface area contributed by atoms with Gasteiger partial charge in [-0.1, -0.05) is 12.1 Å². The van der Waals surface area contributed by atoms with Crippen molar-refractivity contribution < 1.29 is 14.4 Å². The maximum Gasteiger partial charge on any atom is 0.249 e. The molecule has 1 aliphatic carbocycles. The van der Waals surface area contributed by atoms with Crippen LogP contribution in [0.1, 0.15) is 54.2 Å². The molecule has 166 valence electrons. The summed E-state index contributed by atoms with van der Waals surface area (Å²) in [6, 6.07) is 11.1. The highest BCUT2D eigenvalue weighted by molar-refractivity contribution is 5.96. The lowest BCUT2D eigenvalue weighted by atomic mass is 9.81. The smallest absolute Gasteiger partial charge is 0.249 e. The first-order chi connectivity index (χ1) is 15.6. The Kier molecular flexibility index (Phi) is 5.61. The molecule has 2 aromatic heterocycles. The van der Waals surface area contributed by atoms with Crippen LogP contribution in [0.25, 0.3) is 10.9 Å². The molecule has 5 rings (SSSR count). The first-order valence-electron chi connectivity index (χ1n) is 11.2. The van der Waals surface area contributed by atoms with E-state index in [0.29, 0.717) is 18.1 Å². The van der Waals surface area contributed by atoms with Gasteiger partial charge in [-0.2, -0.15) is 5.10 Å². The minimum Gasteiger partial charge on any atom is -0.366 e. The first kappa shape index (κ1) is 20.6. The van der Waals surface area contributed by atoms with E-state index in [2.05, 4.69) is 10.1 Å². The highest BCUT2D eigenvalue weighted by Gasteiger charge is 2.37. The van der Waals surface area contributed by atoms with E-state index in [-0.39, 0.29) is 17.9 Å². The molecule has 8 nitrogen and oxygen atoms in total. The number of pyridine rings is 1. The molecule has 0 bridgehead atoms. The van der Waals surface area contributed by atoms with Gasteiger partial charge in [-0.3, -0.25) is 24.1 Å². The number of amides is 2. The zero-order chi connectivity index (χ0) is 22.1. The summed E-state index contributed by atoms with van der Waals surface area (Å²) in [7, 11) is 0. The molecule has 0 radical (unpaired) electrons. The quantitative estimate of drug-likeness (QED) is 0.665. The average Bonchev–Trinajstić information content (AvgIpc) is 3.47. The van der Waals surface area contributed by atoms with Gasteiger partial charge >= 0.3 is 0 Å². The van der Waals surface area contributed by atoms with Crippen molar-refractivity contribution in [2.24, 2.45) is 17.6 Å². The van der Waals surface area contributed by atoms with Crippen LogP contribution >= 0.6 is 0 Å². The Balaban J connectivity index is 1.22. The van der Waals surface area contributed by atoms with Gasteiger partial charge in [-0.05, 0) is 55.9 Å². The molecule has 2 aliphatic rings. The number of fused-ring (bicyclic) bond motifs is 1. The van der Waals surface area contributed by atoms with E-state index in [1.165, 1.54) is 0 Å². The summed E-state index contributed by atoms with van der Waals surface area (Å²) in [4.78, 5) is 34.9. The van der Waals surface area contributed by atoms with Gasteiger partial charge in [0.2, 0.25) is 11.8 Å². The van der Waals surface area contributed by atoms with Crippen molar-refractivity contribution in [3.63, 3.8) is 0 Å². The van der Waals surface area contributed by atoms with E-state index in [9.17, 15) is 9.59 Å². The number of carbonyl (C=O) groups is 2. The van der Waals surface area contributed by atoms with Crippen LogP contribution in [-0.4, -0.2) is 38.2 Å². The first-order valence-corrected chi connectivity index (χ1v) is 11.2. The number of aromatic nitrogens is 3. The molecule has 1 aromatic carbocycles. The van der Waals surface area contributed by atoms with Gasteiger partial charge in [0, 0.05) is 36.0 Å². The lowest BCUT2D eigenvalue weighted by molar-refractivity contribution is -0.183. The highest BCUT2D eigenvalue weighted by atomic mass is 16.7. The molecule has 0 unspecified atom stereocenters. The fraction of sp³-hybridized carbons (Fsp3) is 0.417. The van der Waals surface area contributed by atoms with Crippen LogP contribution in [0.3, 0.4) is 0 Å². The second-order valence-corrected chi connectivity index (χ2v) is 8.74. The maximum absolute atomic E-state index is 13.2. The number of nitrogens with zero attached hydrogens (tertiary/aromatic N) is 4. The van der Waals surface area contributed by atoms with Crippen molar-refractivity contribution in [3.8, 4) is 0 Å². The molecule has 2 fully saturated rings. The Morgan fingerprint density at radius 3 is 2.69 bits per heavy atom. The second-order valence-electron chi connectivity index (χ2n) is 8.74. The average molecular weight is 434 g/mol. The molecule has 2 N–H and O–H groups in total. The molecule has 1 atom stereocenters. The Bertz CT molecular complexity index is 1120. The summed E-state index contributed by atoms with van der Waals surface area (Å²) in [5, 5.41) is 7.07. The molecule has 1 saturated heterocycles. The number of hydrogen-bond donors (Lipinski definition) is 1. The van der Waals surface area contributed by atoms with Crippen molar-refractivity contribution >= 4 is 22.7 Å². The van der Waals surface area contributed by atoms with Crippen LogP contribution < -0.4 is 5.73 Å². The van der Waals surface area contributed by atoms with Gasteiger partial charge in [0.15, 0.2) is 0 Å². The number of hydrogen-bond acceptors (Lipinski definition) is 5. The van der Waals surface area contributed by atoms with Gasteiger partial charge in [0.05, 0.1) is 24.0 Å². The molecular formula is C24H27N5O3. The number of carbonyl (C=O) groups excluding carboxylic acids is 2. The van der Waals surface area contributed by atoms with Crippen molar-refractivity contribution in [1.82, 2.24) is 19.8 Å². The van der Waals surface area contributed by atoms with E-state index >= 15 is 0 Å². The summed E-state index contributed by atoms with van der Waals surface area (Å²) >= 11 is 0. The number of hydroxylamine groups is 2. The largest absolute Gasteiger partial charge is 0.366 e. The third kappa shape index (κ3) is 3.98. The van der Waals surface area contributed by atoms with Crippen LogP contribution in [0, 0.1) is 11.8 Å². The number of nitrogens with two attached hydrogens (primary N) is 1. The fourth-order valence-electron chi connectivity index (χ4n) is 4.91. The minimum atomic E-state index is -0.438. The lowest BCUT2D eigenvalue weighted by Crippen LogP contribution is -2.37. The predicted molar refractivity (Wildman–Crippen MR) is 118 cm³/mol. The third-order valence-corrected chi connectivity index (χ3v) is 6.71. The number of rotatable bonds is 5. The molecule has 0 spiro atoms. The molecule has 1 aliphatic heterocycles. The standard InChI is InChI=1S/C24H27N5O3/c25-23(30)18-8-9-19-14-27-28(22(19)13-18)15-16-4-6-17(7-5-16)24(31)29-21(10-12-32-29)20-3-1-2-11-26-20/h1-3,8-9,11,13-14,16-17,21H,4-7,10,12,15H2,(H2,25,30)/t16?,17?,21-/m0/s1. The fourth-order valence-corrected chi connectivity index (χ4v) is 4.91. The minimum absolute atomic E-state index is 0.0219. The van der Waals surface area contributed by atoms with Crippen molar-refractivity contribution in [2.75, 3.05) is 6.61 Å². The number of primary amides is 1. The van der Waals surface area contributed by atoms with E-state index < -0.39 is 5.91 Å². The van der Waals surface area contributed by atoms with E-state index in [0.717, 1.165) is 55.2 Å². The monoisotopic (exact) mass is 433 g/mol. The van der Waals surface area contributed by atoms with Crippen LogP contribution in [0.5, 0.6) is 0 Å². The molecule has 2 amide bonds. The molecule has 8 heteroatoms. The third-order valence-electron chi connectivity index (χ3n) is 6.71. The van der Waals surface area contributed by atoms with Gasteiger partial charge in [0.1, 0.15) is 6.04 Å². The Morgan fingerprint density at radius 1 is 1.09 bits per heavy atom. The summed E-state index contributed by atoms with van der Waals surface area (Å²) in [5.74, 6) is 0.0518. The van der Waals surface area contributed by atoms with E-state index in [4.69, 9.17) is 10.6 Å². The molecule has 32 heavy (non-hydrogen) atoms. The summed E-state index contributed by atoms with van der Waals surface area (Å²) in [5.41, 5.74) is 7.72. The maximum atomic E-state index is 13.2. The highest BCUT2D eigenvalue weighted by Crippen LogP contribution is 2.36. The van der Waals surface area contributed by atoms with Crippen molar-refractivity contribution in [2.45, 2.75) is 44.7 Å². The van der Waals surface area contributed by atoms with E-state index in [1.807, 2.05) is 41.2 Å². The van der Waals surface area contributed by atoms with Crippen molar-refractivity contribution in [1.29, 1.82) is 0 Å². The van der Waals surface area contributed by atoms with Gasteiger partial charge in [0.25, 0.3) is 0 Å². The normalized spacial score (nSPS) is 23.5. The molecule has 1 saturated carbocycles. The summed E-state index contributed by atoms with van der Waals surface area (Å²) < 4.78 is 1.95. The summed E-state index contributed by atoms with van der Waals surface area (Å²) in [6.45, 7) is 1.31. The van der Waals surface area contributed by atoms with Gasteiger partial charge in [-0.15, -0.1) is 0 Å². The SMILES string of the molecule is NC(=O)c1ccc2cnn(CC3CCC(C(=O)N4OCC[C@H]4c4ccccn4)CC3)c2c1. The van der Waals surface area contributed by atoms with Gasteiger partial charge < -0.3 is 5.73 Å². The Hall–Kier alpha value is -3.26. The zero-order valence-electron chi connectivity index (χ0n) is 17.9. The second kappa shape index (κ2) is 8.70. The predicted octanol–water partition coefficient (Wildman–Crippen LogP) is 3.24. The Labute approximate surface area is 186 Å². The number of benzene rings is 1. The van der Waals surface area contributed by atoms with Crippen molar-refractivity contribution in [3.05, 3.63) is 60.0 Å². The Morgan fingerprint density at radius 2 is 1.94 bits per heavy atom. The molecular weight excluding hydrogens is 406 g/mol. The topological polar surface area (TPSA) is 103 Å². The molecule has 3 heterocycles. The van der Waals surface area contributed by atoms with Crippen LogP contribution in [-0.2, 0) is 16.2 Å². The van der Waals surface area contributed by atoms with Gasteiger partial charge in [-0.25, -0.2) is 5.06 Å². The van der Waals surface area contributed by atoms with Crippen LogP contribution in [0.2, 0.25) is 0 Å². The van der Waals surface area contributed by atoms with E-state index in [1.54, 1.807) is 17.3 Å². The molecule has 3 aromatic rings. The van der Waals surface area contributed by atoms with Crippen LogP contribution in [0.4, 0.5) is 0 Å². The van der Waals surface area contributed by atoms with Crippen LogP contribution in [0.15, 0.2) is 48.8 Å².